The fraction of sp³-hybridized carbons (Fsp3) is 0.364. The van der Waals surface area contributed by atoms with E-state index in [1.165, 1.54) is 0 Å². The number of carbonyl (C=O) groups excluding carboxylic acids is 2. The van der Waals surface area contributed by atoms with E-state index in [4.69, 9.17) is 9.47 Å². The molecule has 28 heavy (non-hydrogen) atoms. The zero-order chi connectivity index (χ0) is 19.8. The number of nitrogens with zero attached hydrogens (tertiary/aromatic N) is 2. The number of ketones is 1. The average Bonchev–Trinajstić information content (AvgIpc) is 3.04. The molecule has 1 aliphatic heterocycles. The molecule has 2 aromatic rings. The summed E-state index contributed by atoms with van der Waals surface area (Å²) < 4.78 is 10.9. The summed E-state index contributed by atoms with van der Waals surface area (Å²) in [5.41, 5.74) is 3.52. The molecule has 0 bridgehead atoms. The first kappa shape index (κ1) is 18.5. The Bertz CT molecular complexity index is 923. The lowest BCUT2D eigenvalue weighted by Gasteiger charge is -2.32. The molecule has 146 valence electrons. The number of Topliss-reactive ketones (excluding diaryl/α,β-unsaturated/α-hetero) is 1. The van der Waals surface area contributed by atoms with Crippen molar-refractivity contribution in [3.63, 3.8) is 0 Å². The molecule has 1 aliphatic carbocycles. The zero-order valence-corrected chi connectivity index (χ0v) is 16.4. The molecule has 1 heterocycles. The number of ether oxygens (including phenoxy) is 2. The zero-order valence-electron chi connectivity index (χ0n) is 16.4. The summed E-state index contributed by atoms with van der Waals surface area (Å²) in [6.07, 6.45) is 0.408. The standard InChI is InChI=1S/C22H24N2O4/c1-23-8-9-24(21(26)13-23)15-6-4-14(5-7-15)17-12-19(25)18-10-16(27-2)11-20(28-3)22(17)18/h4-7,10-11,17H,8-9,12-13H2,1-3H3. The largest absolute Gasteiger partial charge is 0.497 e. The molecule has 1 atom stereocenters. The van der Waals surface area contributed by atoms with Crippen molar-refractivity contribution in [2.75, 3.05) is 45.8 Å². The van der Waals surface area contributed by atoms with Crippen LogP contribution in [0.4, 0.5) is 5.69 Å². The van der Waals surface area contributed by atoms with Crippen LogP contribution in [0.1, 0.15) is 33.8 Å². The molecule has 6 heteroatoms. The summed E-state index contributed by atoms with van der Waals surface area (Å²) in [4.78, 5) is 28.8. The van der Waals surface area contributed by atoms with E-state index < -0.39 is 0 Å². The Morgan fingerprint density at radius 2 is 1.75 bits per heavy atom. The van der Waals surface area contributed by atoms with Gasteiger partial charge < -0.3 is 14.4 Å². The van der Waals surface area contributed by atoms with Crippen molar-refractivity contribution in [3.05, 3.63) is 53.1 Å². The van der Waals surface area contributed by atoms with Crippen LogP contribution in [0.15, 0.2) is 36.4 Å². The predicted octanol–water partition coefficient (Wildman–Crippen LogP) is 2.70. The van der Waals surface area contributed by atoms with Crippen molar-refractivity contribution in [1.82, 2.24) is 4.90 Å². The van der Waals surface area contributed by atoms with Crippen LogP contribution in [0.2, 0.25) is 0 Å². The molecule has 1 unspecified atom stereocenters. The number of amides is 1. The van der Waals surface area contributed by atoms with Crippen molar-refractivity contribution in [1.29, 1.82) is 0 Å². The first-order valence-electron chi connectivity index (χ1n) is 9.39. The number of hydrogen-bond acceptors (Lipinski definition) is 5. The Labute approximate surface area is 164 Å². The maximum atomic E-state index is 12.6. The van der Waals surface area contributed by atoms with Crippen molar-refractivity contribution in [2.24, 2.45) is 0 Å². The molecule has 6 nitrogen and oxygen atoms in total. The van der Waals surface area contributed by atoms with Gasteiger partial charge in [-0.2, -0.15) is 0 Å². The minimum absolute atomic E-state index is 0.0550. The summed E-state index contributed by atoms with van der Waals surface area (Å²) in [6, 6.07) is 11.6. The molecular formula is C22H24N2O4. The molecule has 0 N–H and O–H groups in total. The van der Waals surface area contributed by atoms with Crippen LogP contribution >= 0.6 is 0 Å². The average molecular weight is 380 g/mol. The van der Waals surface area contributed by atoms with E-state index in [9.17, 15) is 9.59 Å². The molecule has 2 aliphatic rings. The van der Waals surface area contributed by atoms with E-state index >= 15 is 0 Å². The van der Waals surface area contributed by atoms with Gasteiger partial charge in [-0.25, -0.2) is 0 Å². The van der Waals surface area contributed by atoms with Crippen molar-refractivity contribution in [3.8, 4) is 11.5 Å². The maximum Gasteiger partial charge on any atom is 0.241 e. The van der Waals surface area contributed by atoms with Crippen LogP contribution in [-0.4, -0.2) is 57.5 Å². The summed E-state index contributed by atoms with van der Waals surface area (Å²) in [7, 11) is 5.14. The van der Waals surface area contributed by atoms with Crippen LogP contribution in [0.25, 0.3) is 0 Å². The van der Waals surface area contributed by atoms with Crippen molar-refractivity contribution >= 4 is 17.4 Å². The van der Waals surface area contributed by atoms with Crippen LogP contribution in [0.3, 0.4) is 0 Å². The topological polar surface area (TPSA) is 59.1 Å². The van der Waals surface area contributed by atoms with E-state index in [1.807, 2.05) is 47.2 Å². The number of benzene rings is 2. The van der Waals surface area contributed by atoms with E-state index in [1.54, 1.807) is 20.3 Å². The predicted molar refractivity (Wildman–Crippen MR) is 107 cm³/mol. The van der Waals surface area contributed by atoms with Crippen LogP contribution in [0, 0.1) is 0 Å². The van der Waals surface area contributed by atoms with Gasteiger partial charge in [0.25, 0.3) is 0 Å². The molecule has 0 aromatic heterocycles. The summed E-state index contributed by atoms with van der Waals surface area (Å²) in [5.74, 6) is 1.44. The lowest BCUT2D eigenvalue weighted by molar-refractivity contribution is -0.120. The third-order valence-corrected chi connectivity index (χ3v) is 5.63. The Balaban J connectivity index is 1.65. The van der Waals surface area contributed by atoms with Crippen molar-refractivity contribution < 1.29 is 19.1 Å². The molecule has 2 aromatic carbocycles. The number of carbonyl (C=O) groups is 2. The van der Waals surface area contributed by atoms with Gasteiger partial charge in [-0.15, -0.1) is 0 Å². The van der Waals surface area contributed by atoms with Gasteiger partial charge in [-0.3, -0.25) is 14.5 Å². The quantitative estimate of drug-likeness (QED) is 0.816. The number of rotatable bonds is 4. The van der Waals surface area contributed by atoms with Gasteiger partial charge >= 0.3 is 0 Å². The number of fused-ring (bicyclic) bond motifs is 1. The van der Waals surface area contributed by atoms with E-state index in [2.05, 4.69) is 0 Å². The van der Waals surface area contributed by atoms with Crippen LogP contribution < -0.4 is 14.4 Å². The molecule has 4 rings (SSSR count). The summed E-state index contributed by atoms with van der Waals surface area (Å²) in [5, 5.41) is 0. The second-order valence-electron chi connectivity index (χ2n) is 7.35. The minimum atomic E-state index is -0.0550. The van der Waals surface area contributed by atoms with Crippen LogP contribution in [0.5, 0.6) is 11.5 Å². The highest BCUT2D eigenvalue weighted by molar-refractivity contribution is 6.03. The maximum absolute atomic E-state index is 12.6. The highest BCUT2D eigenvalue weighted by atomic mass is 16.5. The van der Waals surface area contributed by atoms with Crippen molar-refractivity contribution in [2.45, 2.75) is 12.3 Å². The van der Waals surface area contributed by atoms with Gasteiger partial charge in [0.1, 0.15) is 11.5 Å². The smallest absolute Gasteiger partial charge is 0.241 e. The summed E-state index contributed by atoms with van der Waals surface area (Å²) >= 11 is 0. The first-order chi connectivity index (χ1) is 13.5. The number of piperazine rings is 1. The second-order valence-corrected chi connectivity index (χ2v) is 7.35. The minimum Gasteiger partial charge on any atom is -0.497 e. The number of likely N-dealkylation sites (N-methyl/N-ethyl adjacent to an activating group) is 1. The molecule has 0 radical (unpaired) electrons. The normalized spacial score (nSPS) is 19.7. The van der Waals surface area contributed by atoms with Gasteiger partial charge in [-0.05, 0) is 30.8 Å². The SMILES string of the molecule is COc1cc(OC)c2c(c1)C(=O)CC2c1ccc(N2CCN(C)CC2=O)cc1. The Kier molecular flexibility index (Phi) is 4.81. The van der Waals surface area contributed by atoms with E-state index in [0.717, 1.165) is 23.4 Å². The first-order valence-corrected chi connectivity index (χ1v) is 9.39. The van der Waals surface area contributed by atoms with Gasteiger partial charge in [-0.1, -0.05) is 12.1 Å². The fourth-order valence-electron chi connectivity index (χ4n) is 4.11. The molecule has 1 saturated heterocycles. The van der Waals surface area contributed by atoms with Gasteiger partial charge in [0.15, 0.2) is 5.78 Å². The molecule has 0 spiro atoms. The summed E-state index contributed by atoms with van der Waals surface area (Å²) in [6.45, 7) is 1.98. The van der Waals surface area contributed by atoms with Crippen LogP contribution in [-0.2, 0) is 4.79 Å². The highest BCUT2D eigenvalue weighted by Gasteiger charge is 2.34. The lowest BCUT2D eigenvalue weighted by Crippen LogP contribution is -2.48. The Morgan fingerprint density at radius 3 is 2.39 bits per heavy atom. The molecular weight excluding hydrogens is 356 g/mol. The van der Waals surface area contributed by atoms with Gasteiger partial charge in [0.05, 0.1) is 20.8 Å². The number of anilines is 1. The van der Waals surface area contributed by atoms with Gasteiger partial charge in [0, 0.05) is 48.3 Å². The third-order valence-electron chi connectivity index (χ3n) is 5.63. The Morgan fingerprint density at radius 1 is 1.00 bits per heavy atom. The lowest BCUT2D eigenvalue weighted by atomic mass is 9.92. The second kappa shape index (κ2) is 7.28. The Hall–Kier alpha value is -2.86. The van der Waals surface area contributed by atoms with Gasteiger partial charge in [0.2, 0.25) is 5.91 Å². The molecule has 0 saturated carbocycles. The number of hydrogen-bond donors (Lipinski definition) is 0. The molecule has 1 amide bonds. The monoisotopic (exact) mass is 380 g/mol. The fourth-order valence-corrected chi connectivity index (χ4v) is 4.11. The third kappa shape index (κ3) is 3.14. The highest BCUT2D eigenvalue weighted by Crippen LogP contribution is 2.45. The van der Waals surface area contributed by atoms with E-state index in [-0.39, 0.29) is 17.6 Å². The number of methoxy groups -OCH3 is 2. The molecule has 1 fully saturated rings. The van der Waals surface area contributed by atoms with E-state index in [0.29, 0.717) is 36.6 Å².